The number of benzene rings is 1. The van der Waals surface area contributed by atoms with Gasteiger partial charge in [0, 0.05) is 17.5 Å². The molecule has 0 unspecified atom stereocenters. The molecule has 4 heteroatoms. The molecule has 0 radical (unpaired) electrons. The summed E-state index contributed by atoms with van der Waals surface area (Å²) in [6.45, 7) is 0. The van der Waals surface area contributed by atoms with E-state index < -0.39 is 5.97 Å². The van der Waals surface area contributed by atoms with Crippen LogP contribution in [0, 0.1) is 0 Å². The lowest BCUT2D eigenvalue weighted by Gasteiger charge is -1.97. The zero-order valence-electron chi connectivity index (χ0n) is 9.14. The molecule has 0 saturated heterocycles. The molecular formula is C13H11NO3. The summed E-state index contributed by atoms with van der Waals surface area (Å²) in [5.41, 5.74) is 2.50. The SMILES string of the molecule is O=C(O)Cc1c2n(c3ccccc13)C(=O)CC2. The minimum absolute atomic E-state index is 0.0177. The van der Waals surface area contributed by atoms with Crippen LogP contribution in [-0.2, 0) is 17.6 Å². The number of carbonyl (C=O) groups is 2. The van der Waals surface area contributed by atoms with E-state index in [-0.39, 0.29) is 12.3 Å². The van der Waals surface area contributed by atoms with Gasteiger partial charge in [0.25, 0.3) is 0 Å². The summed E-state index contributed by atoms with van der Waals surface area (Å²) < 4.78 is 1.67. The lowest BCUT2D eigenvalue weighted by molar-refractivity contribution is -0.136. The predicted molar refractivity (Wildman–Crippen MR) is 62.2 cm³/mol. The highest BCUT2D eigenvalue weighted by molar-refractivity contribution is 5.99. The van der Waals surface area contributed by atoms with E-state index in [1.165, 1.54) is 0 Å². The van der Waals surface area contributed by atoms with Crippen LogP contribution in [0.5, 0.6) is 0 Å². The van der Waals surface area contributed by atoms with Crippen molar-refractivity contribution >= 4 is 22.8 Å². The Hall–Kier alpha value is -2.10. The van der Waals surface area contributed by atoms with Gasteiger partial charge in [0.2, 0.25) is 5.91 Å². The molecule has 0 bridgehead atoms. The number of carboxylic acid groups (broad SMARTS) is 1. The lowest BCUT2D eigenvalue weighted by atomic mass is 10.1. The molecule has 0 spiro atoms. The molecule has 1 aromatic carbocycles. The maximum absolute atomic E-state index is 11.8. The number of para-hydroxylation sites is 1. The van der Waals surface area contributed by atoms with E-state index >= 15 is 0 Å². The van der Waals surface area contributed by atoms with Crippen LogP contribution in [0.3, 0.4) is 0 Å². The van der Waals surface area contributed by atoms with Crippen molar-refractivity contribution in [2.24, 2.45) is 0 Å². The molecule has 0 aliphatic carbocycles. The van der Waals surface area contributed by atoms with Crippen LogP contribution >= 0.6 is 0 Å². The van der Waals surface area contributed by atoms with E-state index in [1.54, 1.807) is 4.57 Å². The quantitative estimate of drug-likeness (QED) is 0.855. The summed E-state index contributed by atoms with van der Waals surface area (Å²) in [5, 5.41) is 9.83. The molecule has 2 aromatic rings. The Balaban J connectivity index is 2.34. The smallest absolute Gasteiger partial charge is 0.307 e. The monoisotopic (exact) mass is 229 g/mol. The van der Waals surface area contributed by atoms with Crippen LogP contribution < -0.4 is 0 Å². The standard InChI is InChI=1S/C13H11NO3/c15-12-6-5-11-9(7-13(16)17)8-3-1-2-4-10(8)14(11)12/h1-4H,5-7H2,(H,16,17). The topological polar surface area (TPSA) is 59.3 Å². The Morgan fingerprint density at radius 3 is 2.82 bits per heavy atom. The summed E-state index contributed by atoms with van der Waals surface area (Å²) in [6, 6.07) is 7.49. The van der Waals surface area contributed by atoms with Gasteiger partial charge in [0.1, 0.15) is 0 Å². The van der Waals surface area contributed by atoms with Gasteiger partial charge in [0.05, 0.1) is 11.9 Å². The second-order valence-corrected chi connectivity index (χ2v) is 4.24. The van der Waals surface area contributed by atoms with Crippen molar-refractivity contribution < 1.29 is 14.7 Å². The van der Waals surface area contributed by atoms with Crippen molar-refractivity contribution in [3.05, 3.63) is 35.5 Å². The second-order valence-electron chi connectivity index (χ2n) is 4.24. The summed E-state index contributed by atoms with van der Waals surface area (Å²) in [4.78, 5) is 22.7. The van der Waals surface area contributed by atoms with Gasteiger partial charge >= 0.3 is 5.97 Å². The molecule has 1 N–H and O–H groups in total. The van der Waals surface area contributed by atoms with E-state index in [2.05, 4.69) is 0 Å². The maximum Gasteiger partial charge on any atom is 0.307 e. The number of carbonyl (C=O) groups excluding carboxylic acids is 1. The minimum atomic E-state index is -0.858. The van der Waals surface area contributed by atoms with E-state index in [0.29, 0.717) is 12.8 Å². The van der Waals surface area contributed by atoms with Crippen LogP contribution in [0.1, 0.15) is 22.5 Å². The van der Waals surface area contributed by atoms with Crippen LogP contribution in [0.25, 0.3) is 10.9 Å². The first-order valence-corrected chi connectivity index (χ1v) is 5.54. The number of fused-ring (bicyclic) bond motifs is 3. The Morgan fingerprint density at radius 1 is 1.29 bits per heavy atom. The number of nitrogens with zero attached hydrogens (tertiary/aromatic N) is 1. The van der Waals surface area contributed by atoms with Crippen molar-refractivity contribution in [1.29, 1.82) is 0 Å². The molecule has 0 atom stereocenters. The van der Waals surface area contributed by atoms with E-state index in [1.807, 2.05) is 24.3 Å². The largest absolute Gasteiger partial charge is 0.481 e. The summed E-state index contributed by atoms with van der Waals surface area (Å²) >= 11 is 0. The summed E-state index contributed by atoms with van der Waals surface area (Å²) in [5.74, 6) is -0.795. The average molecular weight is 229 g/mol. The van der Waals surface area contributed by atoms with E-state index in [0.717, 1.165) is 22.2 Å². The number of aliphatic carboxylic acids is 1. The van der Waals surface area contributed by atoms with Gasteiger partial charge in [-0.3, -0.25) is 14.2 Å². The van der Waals surface area contributed by atoms with Gasteiger partial charge < -0.3 is 5.11 Å². The molecule has 86 valence electrons. The van der Waals surface area contributed by atoms with Crippen LogP contribution in [0.4, 0.5) is 0 Å². The fourth-order valence-electron chi connectivity index (χ4n) is 2.59. The molecule has 0 fully saturated rings. The Morgan fingerprint density at radius 2 is 2.06 bits per heavy atom. The van der Waals surface area contributed by atoms with E-state index in [4.69, 9.17) is 5.11 Å². The van der Waals surface area contributed by atoms with Gasteiger partial charge in [0.15, 0.2) is 0 Å². The Bertz CT molecular complexity index is 639. The number of rotatable bonds is 2. The number of aromatic nitrogens is 1. The van der Waals surface area contributed by atoms with Crippen molar-refractivity contribution in [2.75, 3.05) is 0 Å². The average Bonchev–Trinajstić information content (AvgIpc) is 2.80. The minimum Gasteiger partial charge on any atom is -0.481 e. The molecule has 3 rings (SSSR count). The number of carboxylic acids is 1. The van der Waals surface area contributed by atoms with Gasteiger partial charge in [-0.1, -0.05) is 18.2 Å². The van der Waals surface area contributed by atoms with Gasteiger partial charge in [-0.05, 0) is 18.1 Å². The first-order chi connectivity index (χ1) is 8.18. The van der Waals surface area contributed by atoms with Gasteiger partial charge in [-0.25, -0.2) is 0 Å². The third-order valence-corrected chi connectivity index (χ3v) is 3.24. The van der Waals surface area contributed by atoms with Crippen LogP contribution in [-0.4, -0.2) is 21.6 Å². The highest BCUT2D eigenvalue weighted by Crippen LogP contribution is 2.31. The highest BCUT2D eigenvalue weighted by Gasteiger charge is 2.27. The molecule has 2 heterocycles. The highest BCUT2D eigenvalue weighted by atomic mass is 16.4. The van der Waals surface area contributed by atoms with Crippen molar-refractivity contribution in [1.82, 2.24) is 4.57 Å². The van der Waals surface area contributed by atoms with E-state index in [9.17, 15) is 9.59 Å². The second kappa shape index (κ2) is 3.45. The molecule has 1 aliphatic rings. The fraction of sp³-hybridized carbons (Fsp3) is 0.231. The first kappa shape index (κ1) is 10.1. The van der Waals surface area contributed by atoms with Crippen molar-refractivity contribution in [2.45, 2.75) is 19.3 Å². The van der Waals surface area contributed by atoms with Gasteiger partial charge in [-0.2, -0.15) is 0 Å². The molecule has 1 aromatic heterocycles. The molecule has 17 heavy (non-hydrogen) atoms. The van der Waals surface area contributed by atoms with Crippen LogP contribution in [0.15, 0.2) is 24.3 Å². The zero-order chi connectivity index (χ0) is 12.0. The Labute approximate surface area is 97.5 Å². The van der Waals surface area contributed by atoms with Crippen LogP contribution in [0.2, 0.25) is 0 Å². The third-order valence-electron chi connectivity index (χ3n) is 3.24. The van der Waals surface area contributed by atoms with Crippen molar-refractivity contribution in [3.8, 4) is 0 Å². The molecule has 1 aliphatic heterocycles. The molecule has 0 amide bonds. The fourth-order valence-corrected chi connectivity index (χ4v) is 2.59. The third kappa shape index (κ3) is 1.37. The number of hydrogen-bond acceptors (Lipinski definition) is 2. The summed E-state index contributed by atoms with van der Waals surface area (Å²) in [6.07, 6.45) is 1.11. The Kier molecular flexibility index (Phi) is 2.04. The maximum atomic E-state index is 11.8. The number of hydrogen-bond donors (Lipinski definition) is 1. The normalized spacial score (nSPS) is 14.2. The summed E-state index contributed by atoms with van der Waals surface area (Å²) in [7, 11) is 0. The predicted octanol–water partition coefficient (Wildman–Crippen LogP) is 1.85. The molecular weight excluding hydrogens is 218 g/mol. The zero-order valence-corrected chi connectivity index (χ0v) is 9.14. The van der Waals surface area contributed by atoms with Crippen molar-refractivity contribution in [3.63, 3.8) is 0 Å². The molecule has 0 saturated carbocycles. The molecule has 4 nitrogen and oxygen atoms in total. The lowest BCUT2D eigenvalue weighted by Crippen LogP contribution is -2.04. The van der Waals surface area contributed by atoms with Gasteiger partial charge in [-0.15, -0.1) is 0 Å². The first-order valence-electron chi connectivity index (χ1n) is 5.54.